The molecule has 1 aromatic rings. The van der Waals surface area contributed by atoms with Gasteiger partial charge in [-0.25, -0.2) is 4.79 Å². The lowest BCUT2D eigenvalue weighted by molar-refractivity contribution is -0.119. The van der Waals surface area contributed by atoms with Crippen molar-refractivity contribution in [3.63, 3.8) is 0 Å². The van der Waals surface area contributed by atoms with Crippen LogP contribution in [0, 0.1) is 6.92 Å². The van der Waals surface area contributed by atoms with Gasteiger partial charge in [0.25, 0.3) is 0 Å². The molecule has 2 saturated heterocycles. The standard InChI is InChI=1S/C16H22N4O3/c1-11-2-4-12(5-3-11)18-13(21)10-20-14(22)16(19-15(20)23)6-8-17-9-7-16/h2-5,14,17,22H,6-10H2,1H3,(H,18,21)(H,19,23). The molecule has 1 atom stereocenters. The van der Waals surface area contributed by atoms with Gasteiger partial charge in [0, 0.05) is 5.69 Å². The summed E-state index contributed by atoms with van der Waals surface area (Å²) in [6.45, 7) is 3.27. The number of hydrogen-bond donors (Lipinski definition) is 4. The van der Waals surface area contributed by atoms with Gasteiger partial charge in [-0.1, -0.05) is 17.7 Å². The molecule has 1 aromatic carbocycles. The minimum absolute atomic E-state index is 0.171. The van der Waals surface area contributed by atoms with Gasteiger partial charge in [0.15, 0.2) is 6.23 Å². The third-order valence-electron chi connectivity index (χ3n) is 4.55. The van der Waals surface area contributed by atoms with Crippen LogP contribution in [-0.4, -0.2) is 53.3 Å². The number of hydrogen-bond acceptors (Lipinski definition) is 4. The molecule has 2 aliphatic rings. The van der Waals surface area contributed by atoms with Crippen LogP contribution in [0.3, 0.4) is 0 Å². The summed E-state index contributed by atoms with van der Waals surface area (Å²) in [5, 5.41) is 19.3. The number of aliphatic hydroxyl groups is 1. The number of carbonyl (C=O) groups is 2. The minimum Gasteiger partial charge on any atom is -0.371 e. The number of rotatable bonds is 3. The van der Waals surface area contributed by atoms with Crippen molar-refractivity contribution in [2.75, 3.05) is 25.0 Å². The number of nitrogens with zero attached hydrogens (tertiary/aromatic N) is 1. The Morgan fingerprint density at radius 3 is 2.65 bits per heavy atom. The lowest BCUT2D eigenvalue weighted by atomic mass is 9.87. The maximum atomic E-state index is 12.2. The molecule has 0 aliphatic carbocycles. The second kappa shape index (κ2) is 6.17. The highest BCUT2D eigenvalue weighted by atomic mass is 16.3. The van der Waals surface area contributed by atoms with E-state index in [1.807, 2.05) is 31.2 Å². The average molecular weight is 318 g/mol. The summed E-state index contributed by atoms with van der Waals surface area (Å²) in [5.74, 6) is -0.325. The topological polar surface area (TPSA) is 93.7 Å². The number of urea groups is 1. The Morgan fingerprint density at radius 2 is 2.00 bits per heavy atom. The highest BCUT2D eigenvalue weighted by Gasteiger charge is 2.51. The van der Waals surface area contributed by atoms with Gasteiger partial charge in [-0.05, 0) is 45.0 Å². The number of nitrogens with one attached hydrogen (secondary N) is 3. The summed E-state index contributed by atoms with van der Waals surface area (Å²) in [6, 6.07) is 7.02. The van der Waals surface area contributed by atoms with E-state index in [0.717, 1.165) is 18.7 Å². The van der Waals surface area contributed by atoms with Gasteiger partial charge in [0.05, 0.1) is 5.54 Å². The molecule has 3 rings (SSSR count). The molecule has 2 aliphatic heterocycles. The third kappa shape index (κ3) is 3.16. The van der Waals surface area contributed by atoms with E-state index in [2.05, 4.69) is 16.0 Å². The van der Waals surface area contributed by atoms with E-state index in [9.17, 15) is 14.7 Å². The van der Waals surface area contributed by atoms with Crippen LogP contribution in [-0.2, 0) is 4.79 Å². The lowest BCUT2D eigenvalue weighted by Gasteiger charge is -2.36. The quantitative estimate of drug-likeness (QED) is 0.649. The molecule has 1 spiro atoms. The van der Waals surface area contributed by atoms with Crippen molar-refractivity contribution in [3.05, 3.63) is 29.8 Å². The summed E-state index contributed by atoms with van der Waals surface area (Å²) in [6.07, 6.45) is 0.312. The molecular weight excluding hydrogens is 296 g/mol. The first kappa shape index (κ1) is 15.8. The number of piperidine rings is 1. The molecule has 3 amide bonds. The Balaban J connectivity index is 1.63. The van der Waals surface area contributed by atoms with Gasteiger partial charge in [-0.3, -0.25) is 9.69 Å². The Labute approximate surface area is 135 Å². The van der Waals surface area contributed by atoms with E-state index in [-0.39, 0.29) is 12.5 Å². The number of anilines is 1. The fourth-order valence-electron chi connectivity index (χ4n) is 3.17. The Morgan fingerprint density at radius 1 is 1.35 bits per heavy atom. The van der Waals surface area contributed by atoms with Gasteiger partial charge in [-0.2, -0.15) is 0 Å². The number of carbonyl (C=O) groups excluding carboxylic acids is 2. The van der Waals surface area contributed by atoms with Gasteiger partial charge < -0.3 is 21.1 Å². The lowest BCUT2D eigenvalue weighted by Crippen LogP contribution is -2.56. The average Bonchev–Trinajstić information content (AvgIpc) is 2.75. The minimum atomic E-state index is -0.985. The Kier molecular flexibility index (Phi) is 4.23. The van der Waals surface area contributed by atoms with Crippen LogP contribution < -0.4 is 16.0 Å². The summed E-state index contributed by atoms with van der Waals surface area (Å²) < 4.78 is 0. The van der Waals surface area contributed by atoms with E-state index in [1.165, 1.54) is 4.90 Å². The first-order valence-corrected chi connectivity index (χ1v) is 7.84. The summed E-state index contributed by atoms with van der Waals surface area (Å²) >= 11 is 0. The van der Waals surface area contributed by atoms with Crippen LogP contribution in [0.1, 0.15) is 18.4 Å². The maximum absolute atomic E-state index is 12.2. The number of aliphatic hydroxyl groups excluding tert-OH is 1. The van der Waals surface area contributed by atoms with Crippen LogP contribution in [0.15, 0.2) is 24.3 Å². The van der Waals surface area contributed by atoms with Crippen molar-refractivity contribution in [2.45, 2.75) is 31.5 Å². The van der Waals surface area contributed by atoms with Crippen molar-refractivity contribution in [3.8, 4) is 0 Å². The van der Waals surface area contributed by atoms with Gasteiger partial charge in [0.1, 0.15) is 6.54 Å². The van der Waals surface area contributed by atoms with Crippen LogP contribution in [0.5, 0.6) is 0 Å². The van der Waals surface area contributed by atoms with E-state index in [4.69, 9.17) is 0 Å². The zero-order valence-corrected chi connectivity index (χ0v) is 13.1. The highest BCUT2D eigenvalue weighted by molar-refractivity contribution is 5.95. The summed E-state index contributed by atoms with van der Waals surface area (Å²) in [7, 11) is 0. The van der Waals surface area contributed by atoms with E-state index < -0.39 is 17.8 Å². The summed E-state index contributed by atoms with van der Waals surface area (Å²) in [4.78, 5) is 25.5. The van der Waals surface area contributed by atoms with Crippen molar-refractivity contribution in [2.24, 2.45) is 0 Å². The fourth-order valence-corrected chi connectivity index (χ4v) is 3.17. The monoisotopic (exact) mass is 318 g/mol. The molecule has 1 unspecified atom stereocenters. The zero-order chi connectivity index (χ0) is 16.4. The van der Waals surface area contributed by atoms with Gasteiger partial charge in [-0.15, -0.1) is 0 Å². The molecule has 7 heteroatoms. The van der Waals surface area contributed by atoms with Crippen molar-refractivity contribution in [1.82, 2.24) is 15.5 Å². The molecular formula is C16H22N4O3. The molecule has 4 N–H and O–H groups in total. The maximum Gasteiger partial charge on any atom is 0.320 e. The molecule has 7 nitrogen and oxygen atoms in total. The van der Waals surface area contributed by atoms with E-state index >= 15 is 0 Å². The van der Waals surface area contributed by atoms with Crippen LogP contribution in [0.25, 0.3) is 0 Å². The number of aryl methyl sites for hydroxylation is 1. The number of amides is 3. The number of benzene rings is 1. The molecule has 124 valence electrons. The zero-order valence-electron chi connectivity index (χ0n) is 13.1. The molecule has 0 saturated carbocycles. The van der Waals surface area contributed by atoms with Crippen LogP contribution in [0.2, 0.25) is 0 Å². The molecule has 23 heavy (non-hydrogen) atoms. The third-order valence-corrected chi connectivity index (χ3v) is 4.55. The second-order valence-electron chi connectivity index (χ2n) is 6.25. The first-order chi connectivity index (χ1) is 11.0. The van der Waals surface area contributed by atoms with Crippen LogP contribution >= 0.6 is 0 Å². The molecule has 2 heterocycles. The predicted molar refractivity (Wildman–Crippen MR) is 85.9 cm³/mol. The predicted octanol–water partition coefficient (Wildman–Crippen LogP) is 0.399. The largest absolute Gasteiger partial charge is 0.371 e. The molecule has 2 fully saturated rings. The highest BCUT2D eigenvalue weighted by Crippen LogP contribution is 2.30. The normalized spacial score (nSPS) is 23.0. The van der Waals surface area contributed by atoms with E-state index in [1.54, 1.807) is 0 Å². The molecule has 0 bridgehead atoms. The van der Waals surface area contributed by atoms with Crippen molar-refractivity contribution >= 4 is 17.6 Å². The second-order valence-corrected chi connectivity index (χ2v) is 6.25. The Bertz CT molecular complexity index is 596. The SMILES string of the molecule is Cc1ccc(NC(=O)CN2C(=O)NC3(CCNCC3)C2O)cc1. The van der Waals surface area contributed by atoms with Gasteiger partial charge in [0.2, 0.25) is 5.91 Å². The Hall–Kier alpha value is -2.12. The van der Waals surface area contributed by atoms with Crippen molar-refractivity contribution in [1.29, 1.82) is 0 Å². The van der Waals surface area contributed by atoms with E-state index in [0.29, 0.717) is 18.5 Å². The smallest absolute Gasteiger partial charge is 0.320 e. The summed E-state index contributed by atoms with van der Waals surface area (Å²) in [5.41, 5.74) is 1.13. The van der Waals surface area contributed by atoms with Crippen LogP contribution in [0.4, 0.5) is 10.5 Å². The molecule has 0 radical (unpaired) electrons. The van der Waals surface area contributed by atoms with Crippen molar-refractivity contribution < 1.29 is 14.7 Å². The van der Waals surface area contributed by atoms with Gasteiger partial charge >= 0.3 is 6.03 Å². The fraction of sp³-hybridized carbons (Fsp3) is 0.500. The molecule has 0 aromatic heterocycles. The first-order valence-electron chi connectivity index (χ1n) is 7.84.